The lowest BCUT2D eigenvalue weighted by Crippen LogP contribution is -2.43. The Hall–Kier alpha value is -2.45. The Labute approximate surface area is 189 Å². The summed E-state index contributed by atoms with van der Waals surface area (Å²) in [5, 5.41) is 3.27. The molecule has 0 aliphatic carbocycles. The summed E-state index contributed by atoms with van der Waals surface area (Å²) in [6, 6.07) is 21.6. The molecule has 1 amide bonds. The summed E-state index contributed by atoms with van der Waals surface area (Å²) in [5.74, 6) is 0.139. The van der Waals surface area contributed by atoms with Gasteiger partial charge in [0, 0.05) is 3.57 Å². The molecular formula is C24H24FIN2O2. The Bertz CT molecular complexity index is 965. The molecular weight excluding hydrogens is 494 g/mol. The van der Waals surface area contributed by atoms with Crippen molar-refractivity contribution in [1.82, 2.24) is 5.32 Å². The van der Waals surface area contributed by atoms with Crippen LogP contribution in [0.1, 0.15) is 16.7 Å². The number of halogens is 2. The molecule has 0 spiro atoms. The average Bonchev–Trinajstić information content (AvgIpc) is 2.75. The van der Waals surface area contributed by atoms with Gasteiger partial charge in [-0.3, -0.25) is 4.79 Å². The van der Waals surface area contributed by atoms with E-state index in [4.69, 9.17) is 10.5 Å². The number of carbonyl (C=O) groups is 1. The molecule has 0 saturated carbocycles. The minimum atomic E-state index is -0.414. The van der Waals surface area contributed by atoms with Crippen LogP contribution in [0.3, 0.4) is 0 Å². The highest BCUT2D eigenvalue weighted by molar-refractivity contribution is 14.1. The maximum Gasteiger partial charge on any atom is 0.234 e. The number of benzene rings is 3. The first-order valence-corrected chi connectivity index (χ1v) is 10.8. The molecule has 0 aromatic heterocycles. The van der Waals surface area contributed by atoms with Crippen LogP contribution in [0.4, 0.5) is 4.39 Å². The van der Waals surface area contributed by atoms with Crippen molar-refractivity contribution >= 4 is 28.5 Å². The van der Waals surface area contributed by atoms with Crippen molar-refractivity contribution in [2.75, 3.05) is 6.54 Å². The maximum absolute atomic E-state index is 13.0. The lowest BCUT2D eigenvalue weighted by Gasteiger charge is -2.16. The fourth-order valence-corrected chi connectivity index (χ4v) is 3.69. The number of hydrogen-bond acceptors (Lipinski definition) is 3. The van der Waals surface area contributed by atoms with Crippen molar-refractivity contribution < 1.29 is 13.9 Å². The van der Waals surface area contributed by atoms with Gasteiger partial charge in [0.05, 0.1) is 6.04 Å². The number of rotatable bonds is 10. The average molecular weight is 518 g/mol. The minimum Gasteiger partial charge on any atom is -0.489 e. The molecule has 0 unspecified atom stereocenters. The van der Waals surface area contributed by atoms with Crippen LogP contribution in [0, 0.1) is 9.39 Å². The largest absolute Gasteiger partial charge is 0.489 e. The van der Waals surface area contributed by atoms with Crippen molar-refractivity contribution in [1.29, 1.82) is 0 Å². The van der Waals surface area contributed by atoms with Gasteiger partial charge < -0.3 is 15.8 Å². The molecule has 3 rings (SSSR count). The first-order valence-electron chi connectivity index (χ1n) is 9.73. The topological polar surface area (TPSA) is 64.4 Å². The molecule has 0 heterocycles. The SMILES string of the molecule is NC(=O)[C@@H](Cc1ccccc1)NCCc1cc(OCc2ccc(F)cc2)ccc1I. The van der Waals surface area contributed by atoms with Crippen molar-refractivity contribution in [3.63, 3.8) is 0 Å². The monoisotopic (exact) mass is 518 g/mol. The summed E-state index contributed by atoms with van der Waals surface area (Å²) in [4.78, 5) is 11.8. The van der Waals surface area contributed by atoms with Crippen molar-refractivity contribution in [2.45, 2.75) is 25.5 Å². The predicted molar refractivity (Wildman–Crippen MR) is 125 cm³/mol. The van der Waals surface area contributed by atoms with E-state index in [2.05, 4.69) is 27.9 Å². The van der Waals surface area contributed by atoms with Gasteiger partial charge in [-0.1, -0.05) is 42.5 Å². The quantitative estimate of drug-likeness (QED) is 0.395. The van der Waals surface area contributed by atoms with Crippen LogP contribution in [0.25, 0.3) is 0 Å². The highest BCUT2D eigenvalue weighted by Gasteiger charge is 2.15. The number of nitrogens with two attached hydrogens (primary N) is 1. The number of nitrogens with one attached hydrogen (secondary N) is 1. The lowest BCUT2D eigenvalue weighted by atomic mass is 10.0. The Morgan fingerprint density at radius 2 is 1.77 bits per heavy atom. The molecule has 30 heavy (non-hydrogen) atoms. The van der Waals surface area contributed by atoms with E-state index in [9.17, 15) is 9.18 Å². The third-order valence-electron chi connectivity index (χ3n) is 4.75. The third-order valence-corrected chi connectivity index (χ3v) is 5.80. The van der Waals surface area contributed by atoms with Gasteiger partial charge in [0.25, 0.3) is 0 Å². The van der Waals surface area contributed by atoms with Crippen LogP contribution < -0.4 is 15.8 Å². The molecule has 3 aromatic rings. The highest BCUT2D eigenvalue weighted by atomic mass is 127. The second-order valence-corrected chi connectivity index (χ2v) is 8.18. The van der Waals surface area contributed by atoms with E-state index in [1.807, 2.05) is 48.5 Å². The molecule has 1 atom stereocenters. The number of primary amides is 1. The number of ether oxygens (including phenoxy) is 1. The van der Waals surface area contributed by atoms with E-state index in [0.717, 1.165) is 32.4 Å². The second kappa shape index (κ2) is 11.1. The van der Waals surface area contributed by atoms with Crippen LogP contribution in [-0.4, -0.2) is 18.5 Å². The Balaban J connectivity index is 1.55. The van der Waals surface area contributed by atoms with E-state index in [0.29, 0.717) is 19.6 Å². The van der Waals surface area contributed by atoms with Gasteiger partial charge in [-0.05, 0) is 89.0 Å². The molecule has 0 radical (unpaired) electrons. The maximum atomic E-state index is 13.0. The van der Waals surface area contributed by atoms with Crippen LogP contribution in [0.2, 0.25) is 0 Å². The first kappa shape index (κ1) is 22.2. The molecule has 6 heteroatoms. The van der Waals surface area contributed by atoms with Crippen molar-refractivity contribution in [3.8, 4) is 5.75 Å². The fourth-order valence-electron chi connectivity index (χ4n) is 3.08. The standard InChI is InChI=1S/C24H24FIN2O2/c25-20-8-6-18(7-9-20)16-30-21-10-11-22(26)19(15-21)12-13-28-23(24(27)29)14-17-4-2-1-3-5-17/h1-11,15,23,28H,12-14,16H2,(H2,27,29)/t23-/m1/s1. The molecule has 3 aromatic carbocycles. The molecule has 0 saturated heterocycles. The first-order chi connectivity index (χ1) is 14.5. The van der Waals surface area contributed by atoms with E-state index in [1.54, 1.807) is 12.1 Å². The Morgan fingerprint density at radius 1 is 1.03 bits per heavy atom. The third kappa shape index (κ3) is 6.81. The molecule has 3 N–H and O–H groups in total. The normalized spacial score (nSPS) is 11.8. The van der Waals surface area contributed by atoms with E-state index < -0.39 is 6.04 Å². The summed E-state index contributed by atoms with van der Waals surface area (Å²) in [7, 11) is 0. The lowest BCUT2D eigenvalue weighted by molar-refractivity contribution is -0.120. The van der Waals surface area contributed by atoms with Gasteiger partial charge in [0.1, 0.15) is 18.2 Å². The minimum absolute atomic E-state index is 0.260. The van der Waals surface area contributed by atoms with E-state index in [1.165, 1.54) is 12.1 Å². The Kier molecular flexibility index (Phi) is 8.21. The van der Waals surface area contributed by atoms with Gasteiger partial charge in [0.2, 0.25) is 5.91 Å². The van der Waals surface area contributed by atoms with E-state index >= 15 is 0 Å². The fraction of sp³-hybridized carbons (Fsp3) is 0.208. The number of hydrogen-bond donors (Lipinski definition) is 2. The van der Waals surface area contributed by atoms with Crippen molar-refractivity contribution in [2.24, 2.45) is 5.73 Å². The smallest absolute Gasteiger partial charge is 0.234 e. The van der Waals surface area contributed by atoms with Gasteiger partial charge >= 0.3 is 0 Å². The summed E-state index contributed by atoms with van der Waals surface area (Å²) in [5.41, 5.74) is 8.68. The van der Waals surface area contributed by atoms with Gasteiger partial charge in [-0.2, -0.15) is 0 Å². The zero-order chi connectivity index (χ0) is 21.3. The van der Waals surface area contributed by atoms with Gasteiger partial charge in [0.15, 0.2) is 0 Å². The zero-order valence-corrected chi connectivity index (χ0v) is 18.6. The van der Waals surface area contributed by atoms with Crippen LogP contribution >= 0.6 is 22.6 Å². The van der Waals surface area contributed by atoms with Crippen LogP contribution in [0.15, 0.2) is 72.8 Å². The Morgan fingerprint density at radius 3 is 2.47 bits per heavy atom. The predicted octanol–water partition coefficient (Wildman–Crippen LogP) is 4.24. The zero-order valence-electron chi connectivity index (χ0n) is 16.5. The van der Waals surface area contributed by atoms with Gasteiger partial charge in [-0.25, -0.2) is 4.39 Å². The molecule has 0 fully saturated rings. The number of carbonyl (C=O) groups excluding carboxylic acids is 1. The number of amides is 1. The van der Waals surface area contributed by atoms with Crippen LogP contribution in [0.5, 0.6) is 5.75 Å². The highest BCUT2D eigenvalue weighted by Crippen LogP contribution is 2.21. The summed E-state index contributed by atoms with van der Waals surface area (Å²) in [6.45, 7) is 0.997. The molecule has 4 nitrogen and oxygen atoms in total. The summed E-state index contributed by atoms with van der Waals surface area (Å²) in [6.07, 6.45) is 1.30. The second-order valence-electron chi connectivity index (χ2n) is 7.02. The molecule has 0 aliphatic heterocycles. The molecule has 156 valence electrons. The van der Waals surface area contributed by atoms with Crippen molar-refractivity contribution in [3.05, 3.63) is 98.9 Å². The van der Waals surface area contributed by atoms with Crippen LogP contribution in [-0.2, 0) is 24.2 Å². The summed E-state index contributed by atoms with van der Waals surface area (Å²) < 4.78 is 20.0. The molecule has 0 bridgehead atoms. The molecule has 0 aliphatic rings. The summed E-state index contributed by atoms with van der Waals surface area (Å²) >= 11 is 2.29. The van der Waals surface area contributed by atoms with Gasteiger partial charge in [-0.15, -0.1) is 0 Å². The van der Waals surface area contributed by atoms with E-state index in [-0.39, 0.29) is 11.7 Å².